The summed E-state index contributed by atoms with van der Waals surface area (Å²) in [6.07, 6.45) is 1.04. The van der Waals surface area contributed by atoms with E-state index in [1.807, 2.05) is 6.07 Å². The zero-order valence-electron chi connectivity index (χ0n) is 10.7. The maximum absolute atomic E-state index is 10.9. The van der Waals surface area contributed by atoms with Crippen molar-refractivity contribution in [3.63, 3.8) is 0 Å². The molecule has 1 heterocycles. The van der Waals surface area contributed by atoms with Gasteiger partial charge in [0.1, 0.15) is 0 Å². The molecule has 0 saturated carbocycles. The third kappa shape index (κ3) is 2.79. The highest BCUT2D eigenvalue weighted by molar-refractivity contribution is 5.55. The van der Waals surface area contributed by atoms with Gasteiger partial charge in [0.25, 0.3) is 5.69 Å². The maximum atomic E-state index is 10.9. The Morgan fingerprint density at radius 1 is 1.56 bits per heavy atom. The topological polar surface area (TPSA) is 64.4 Å². The van der Waals surface area contributed by atoms with Crippen molar-refractivity contribution < 1.29 is 9.66 Å². The lowest BCUT2D eigenvalue weighted by atomic mass is 10.0. The monoisotopic (exact) mass is 250 g/mol. The van der Waals surface area contributed by atoms with Crippen molar-refractivity contribution in [3.8, 4) is 0 Å². The van der Waals surface area contributed by atoms with Crippen molar-refractivity contribution in [2.75, 3.05) is 18.5 Å². The molecular formula is C13H18N2O3. The Morgan fingerprint density at radius 3 is 2.94 bits per heavy atom. The van der Waals surface area contributed by atoms with Crippen LogP contribution >= 0.6 is 0 Å². The second-order valence-corrected chi connectivity index (χ2v) is 4.82. The van der Waals surface area contributed by atoms with Crippen LogP contribution in [-0.2, 0) is 4.74 Å². The van der Waals surface area contributed by atoms with Crippen molar-refractivity contribution in [1.29, 1.82) is 0 Å². The van der Waals surface area contributed by atoms with Gasteiger partial charge >= 0.3 is 0 Å². The number of aryl methyl sites for hydroxylation is 1. The quantitative estimate of drug-likeness (QED) is 0.659. The van der Waals surface area contributed by atoms with Crippen LogP contribution in [0.4, 0.5) is 11.4 Å². The van der Waals surface area contributed by atoms with Crippen molar-refractivity contribution in [2.45, 2.75) is 26.3 Å². The van der Waals surface area contributed by atoms with Crippen molar-refractivity contribution in [2.24, 2.45) is 5.92 Å². The van der Waals surface area contributed by atoms with Crippen LogP contribution in [0.3, 0.4) is 0 Å². The summed E-state index contributed by atoms with van der Waals surface area (Å²) in [4.78, 5) is 10.5. The minimum atomic E-state index is -0.343. The molecule has 0 bridgehead atoms. The number of ether oxygens (including phenoxy) is 1. The highest BCUT2D eigenvalue weighted by Gasteiger charge is 2.22. The molecule has 1 aromatic carbocycles. The number of nitrogens with zero attached hydrogens (tertiary/aromatic N) is 1. The molecule has 2 rings (SSSR count). The number of rotatable bonds is 4. The minimum Gasteiger partial charge on any atom is -0.382 e. The van der Waals surface area contributed by atoms with E-state index in [0.29, 0.717) is 11.5 Å². The van der Waals surface area contributed by atoms with E-state index in [-0.39, 0.29) is 16.7 Å². The molecule has 98 valence electrons. The number of nitro groups is 1. The molecule has 0 aromatic heterocycles. The third-order valence-corrected chi connectivity index (χ3v) is 3.47. The summed E-state index contributed by atoms with van der Waals surface area (Å²) in [7, 11) is 0. The van der Waals surface area contributed by atoms with Gasteiger partial charge in [-0.3, -0.25) is 10.1 Å². The number of hydrogen-bond acceptors (Lipinski definition) is 4. The molecular weight excluding hydrogens is 232 g/mol. The molecule has 0 aliphatic carbocycles. The van der Waals surface area contributed by atoms with Gasteiger partial charge in [-0.15, -0.1) is 0 Å². The smallest absolute Gasteiger partial charge is 0.274 e. The summed E-state index contributed by atoms with van der Waals surface area (Å²) in [5.41, 5.74) is 1.64. The summed E-state index contributed by atoms with van der Waals surface area (Å²) in [6.45, 7) is 5.41. The molecule has 18 heavy (non-hydrogen) atoms. The predicted octanol–water partition coefficient (Wildman–Crippen LogP) is 2.74. The molecule has 1 aromatic rings. The fraction of sp³-hybridized carbons (Fsp3) is 0.538. The third-order valence-electron chi connectivity index (χ3n) is 3.47. The normalized spacial score (nSPS) is 20.7. The van der Waals surface area contributed by atoms with Gasteiger partial charge in [-0.2, -0.15) is 0 Å². The van der Waals surface area contributed by atoms with Crippen LogP contribution in [-0.4, -0.2) is 24.2 Å². The average molecular weight is 250 g/mol. The Morgan fingerprint density at radius 2 is 2.33 bits per heavy atom. The number of nitrogens with one attached hydrogen (secondary N) is 1. The van der Waals surface area contributed by atoms with Crippen LogP contribution in [0.1, 0.15) is 18.9 Å². The summed E-state index contributed by atoms with van der Waals surface area (Å²) in [5.74, 6) is 0.477. The molecule has 5 nitrogen and oxygen atoms in total. The average Bonchev–Trinajstić information content (AvgIpc) is 2.85. The van der Waals surface area contributed by atoms with Crippen LogP contribution in [0, 0.1) is 23.0 Å². The van der Waals surface area contributed by atoms with E-state index in [9.17, 15) is 10.1 Å². The van der Waals surface area contributed by atoms with Gasteiger partial charge in [0.15, 0.2) is 0 Å². The Hall–Kier alpha value is -1.62. The summed E-state index contributed by atoms with van der Waals surface area (Å²) < 4.78 is 5.35. The first-order chi connectivity index (χ1) is 8.58. The van der Waals surface area contributed by atoms with E-state index < -0.39 is 0 Å². The zero-order valence-corrected chi connectivity index (χ0v) is 10.7. The zero-order chi connectivity index (χ0) is 13.1. The molecule has 0 spiro atoms. The predicted molar refractivity (Wildman–Crippen MR) is 69.8 cm³/mol. The SMILES string of the molecule is Cc1ccc(NC(C)C2CCOC2)cc1[N+](=O)[O-]. The van der Waals surface area contributed by atoms with E-state index >= 15 is 0 Å². The van der Waals surface area contributed by atoms with Gasteiger partial charge in [-0.1, -0.05) is 6.07 Å². The first-order valence-electron chi connectivity index (χ1n) is 6.17. The van der Waals surface area contributed by atoms with Gasteiger partial charge < -0.3 is 10.1 Å². The second kappa shape index (κ2) is 5.35. The van der Waals surface area contributed by atoms with Crippen molar-refractivity contribution in [1.82, 2.24) is 0 Å². The highest BCUT2D eigenvalue weighted by Crippen LogP contribution is 2.25. The molecule has 2 unspecified atom stereocenters. The van der Waals surface area contributed by atoms with Crippen LogP contribution < -0.4 is 5.32 Å². The maximum Gasteiger partial charge on any atom is 0.274 e. The van der Waals surface area contributed by atoms with Crippen LogP contribution in [0.15, 0.2) is 18.2 Å². The van der Waals surface area contributed by atoms with E-state index in [0.717, 1.165) is 25.3 Å². The van der Waals surface area contributed by atoms with Gasteiger partial charge in [-0.25, -0.2) is 0 Å². The van der Waals surface area contributed by atoms with E-state index in [1.165, 1.54) is 0 Å². The first-order valence-corrected chi connectivity index (χ1v) is 6.17. The van der Waals surface area contributed by atoms with E-state index in [1.54, 1.807) is 19.1 Å². The number of hydrogen-bond donors (Lipinski definition) is 1. The van der Waals surface area contributed by atoms with Crippen LogP contribution in [0.2, 0.25) is 0 Å². The lowest BCUT2D eigenvalue weighted by Crippen LogP contribution is -2.26. The number of benzene rings is 1. The lowest BCUT2D eigenvalue weighted by Gasteiger charge is -2.20. The molecule has 1 aliphatic heterocycles. The standard InChI is InChI=1S/C13H18N2O3/c1-9-3-4-12(7-13(9)15(16)17)14-10(2)11-5-6-18-8-11/h3-4,7,10-11,14H,5-6,8H2,1-2H3. The van der Waals surface area contributed by atoms with E-state index in [4.69, 9.17) is 4.74 Å². The van der Waals surface area contributed by atoms with Gasteiger partial charge in [0.05, 0.1) is 11.5 Å². The Bertz CT molecular complexity index is 442. The minimum absolute atomic E-state index is 0.162. The first kappa shape index (κ1) is 12.8. The molecule has 1 fully saturated rings. The molecule has 1 N–H and O–H groups in total. The lowest BCUT2D eigenvalue weighted by molar-refractivity contribution is -0.385. The molecule has 1 aliphatic rings. The second-order valence-electron chi connectivity index (χ2n) is 4.82. The molecule has 1 saturated heterocycles. The number of nitro benzene ring substituents is 1. The fourth-order valence-corrected chi connectivity index (χ4v) is 2.22. The number of anilines is 1. The van der Waals surface area contributed by atoms with Gasteiger partial charge in [0, 0.05) is 35.9 Å². The Labute approximate surface area is 106 Å². The van der Waals surface area contributed by atoms with Gasteiger partial charge in [0.2, 0.25) is 0 Å². The molecule has 0 radical (unpaired) electrons. The molecule has 0 amide bonds. The Kier molecular flexibility index (Phi) is 3.81. The molecule has 5 heteroatoms. The van der Waals surface area contributed by atoms with Gasteiger partial charge in [-0.05, 0) is 26.3 Å². The van der Waals surface area contributed by atoms with E-state index in [2.05, 4.69) is 12.2 Å². The van der Waals surface area contributed by atoms with Crippen LogP contribution in [0.25, 0.3) is 0 Å². The largest absolute Gasteiger partial charge is 0.382 e. The highest BCUT2D eigenvalue weighted by atomic mass is 16.6. The van der Waals surface area contributed by atoms with Crippen molar-refractivity contribution in [3.05, 3.63) is 33.9 Å². The summed E-state index contributed by atoms with van der Waals surface area (Å²) in [5, 5.41) is 14.2. The summed E-state index contributed by atoms with van der Waals surface area (Å²) in [6, 6.07) is 5.52. The molecule has 2 atom stereocenters. The Balaban J connectivity index is 2.09. The summed E-state index contributed by atoms with van der Waals surface area (Å²) >= 11 is 0. The van der Waals surface area contributed by atoms with Crippen molar-refractivity contribution >= 4 is 11.4 Å². The fourth-order valence-electron chi connectivity index (χ4n) is 2.22. The van der Waals surface area contributed by atoms with Crippen LogP contribution in [0.5, 0.6) is 0 Å².